The lowest BCUT2D eigenvalue weighted by Crippen LogP contribution is -2.35. The van der Waals surface area contributed by atoms with Crippen molar-refractivity contribution in [2.45, 2.75) is 19.9 Å². The number of hydrogen-bond acceptors (Lipinski definition) is 6. The summed E-state index contributed by atoms with van der Waals surface area (Å²) in [4.78, 5) is 23.6. The van der Waals surface area contributed by atoms with Crippen molar-refractivity contribution in [1.29, 1.82) is 5.26 Å². The molecule has 34 heavy (non-hydrogen) atoms. The molecule has 0 spiro atoms. The summed E-state index contributed by atoms with van der Waals surface area (Å²) in [5.41, 5.74) is 2.59. The zero-order valence-corrected chi connectivity index (χ0v) is 20.3. The Bertz CT molecular complexity index is 1390. The number of halogens is 1. The van der Waals surface area contributed by atoms with Gasteiger partial charge in [-0.3, -0.25) is 9.48 Å². The average Bonchev–Trinajstić information content (AvgIpc) is 3.31. The molecule has 0 saturated carbocycles. The Balaban J connectivity index is 1.34. The van der Waals surface area contributed by atoms with Gasteiger partial charge in [0.1, 0.15) is 16.7 Å². The smallest absolute Gasteiger partial charge is 0.264 e. The van der Waals surface area contributed by atoms with Crippen LogP contribution in [0.15, 0.2) is 48.7 Å². The van der Waals surface area contributed by atoms with Crippen molar-refractivity contribution in [3.8, 4) is 6.07 Å². The lowest BCUT2D eigenvalue weighted by atomic mass is 10.2. The molecule has 5 rings (SSSR count). The van der Waals surface area contributed by atoms with E-state index < -0.39 is 0 Å². The Morgan fingerprint density at radius 2 is 2.00 bits per heavy atom. The van der Waals surface area contributed by atoms with Gasteiger partial charge in [0, 0.05) is 42.8 Å². The molecule has 3 aromatic heterocycles. The molecule has 1 fully saturated rings. The highest BCUT2D eigenvalue weighted by atomic mass is 35.5. The third kappa shape index (κ3) is 4.37. The van der Waals surface area contributed by atoms with E-state index in [0.717, 1.165) is 39.3 Å². The summed E-state index contributed by atoms with van der Waals surface area (Å²) in [5, 5.41) is 15.8. The second-order valence-electron chi connectivity index (χ2n) is 8.32. The van der Waals surface area contributed by atoms with Crippen LogP contribution in [0.2, 0.25) is 5.02 Å². The van der Waals surface area contributed by atoms with E-state index in [-0.39, 0.29) is 5.91 Å². The quantitative estimate of drug-likeness (QED) is 0.413. The number of benzene rings is 1. The fourth-order valence-corrected chi connectivity index (χ4v) is 5.57. The van der Waals surface area contributed by atoms with Crippen LogP contribution in [0.25, 0.3) is 10.2 Å². The number of aromatic nitrogens is 3. The topological polar surface area (TPSA) is 78.1 Å². The number of amides is 1. The molecule has 7 nitrogen and oxygen atoms in total. The van der Waals surface area contributed by atoms with E-state index >= 15 is 0 Å². The van der Waals surface area contributed by atoms with Crippen molar-refractivity contribution in [2.75, 3.05) is 31.1 Å². The predicted octanol–water partition coefficient (Wildman–Crippen LogP) is 4.73. The Morgan fingerprint density at radius 1 is 1.18 bits per heavy atom. The molecule has 1 aromatic carbocycles. The number of aryl methyl sites for hydroxylation is 1. The molecular weight excluding hydrogens is 468 g/mol. The Kier molecular flexibility index (Phi) is 6.22. The summed E-state index contributed by atoms with van der Waals surface area (Å²) in [6, 6.07) is 15.5. The second-order valence-corrected chi connectivity index (χ2v) is 9.79. The van der Waals surface area contributed by atoms with Gasteiger partial charge in [0.15, 0.2) is 0 Å². The first-order valence-corrected chi connectivity index (χ1v) is 12.3. The summed E-state index contributed by atoms with van der Waals surface area (Å²) >= 11 is 7.51. The van der Waals surface area contributed by atoms with Gasteiger partial charge >= 0.3 is 0 Å². The van der Waals surface area contributed by atoms with Crippen LogP contribution in [-0.2, 0) is 6.54 Å². The average molecular weight is 491 g/mol. The minimum Gasteiger partial charge on any atom is -0.354 e. The number of pyridine rings is 1. The highest BCUT2D eigenvalue weighted by Crippen LogP contribution is 2.30. The summed E-state index contributed by atoms with van der Waals surface area (Å²) in [6.07, 6.45) is 2.53. The number of nitriles is 1. The van der Waals surface area contributed by atoms with Crippen molar-refractivity contribution in [1.82, 2.24) is 19.7 Å². The molecular formula is C25H23ClN6OS. The second kappa shape index (κ2) is 9.45. The van der Waals surface area contributed by atoms with Gasteiger partial charge in [0.25, 0.3) is 5.91 Å². The van der Waals surface area contributed by atoms with E-state index in [1.807, 2.05) is 46.8 Å². The van der Waals surface area contributed by atoms with E-state index in [0.29, 0.717) is 42.6 Å². The summed E-state index contributed by atoms with van der Waals surface area (Å²) in [5.74, 6) is 0.737. The highest BCUT2D eigenvalue weighted by Gasteiger charge is 2.25. The normalized spacial score (nSPS) is 14.3. The maximum absolute atomic E-state index is 13.4. The molecule has 1 amide bonds. The SMILES string of the molecule is Cc1nn(Cc2ccc(Cl)cc2)c2sc(C(=O)N3CCCN(c4ncccc4C#N)CC3)cc12. The van der Waals surface area contributed by atoms with Gasteiger partial charge in [-0.25, -0.2) is 4.98 Å². The van der Waals surface area contributed by atoms with Crippen molar-refractivity contribution >= 4 is 44.9 Å². The molecule has 0 aliphatic carbocycles. The van der Waals surface area contributed by atoms with Crippen LogP contribution in [0.4, 0.5) is 5.82 Å². The summed E-state index contributed by atoms with van der Waals surface area (Å²) in [6.45, 7) is 5.27. The van der Waals surface area contributed by atoms with Gasteiger partial charge in [0.05, 0.1) is 22.7 Å². The van der Waals surface area contributed by atoms with Gasteiger partial charge < -0.3 is 9.80 Å². The number of fused-ring (bicyclic) bond motifs is 1. The van der Waals surface area contributed by atoms with Crippen LogP contribution < -0.4 is 4.90 Å². The lowest BCUT2D eigenvalue weighted by molar-refractivity contribution is 0.0772. The molecule has 0 N–H and O–H groups in total. The lowest BCUT2D eigenvalue weighted by Gasteiger charge is -2.23. The van der Waals surface area contributed by atoms with Gasteiger partial charge in [-0.1, -0.05) is 23.7 Å². The van der Waals surface area contributed by atoms with Crippen molar-refractivity contribution in [3.05, 3.63) is 75.4 Å². The fourth-order valence-electron chi connectivity index (χ4n) is 4.31. The molecule has 1 saturated heterocycles. The first-order chi connectivity index (χ1) is 16.5. The van der Waals surface area contributed by atoms with Gasteiger partial charge in [-0.15, -0.1) is 11.3 Å². The molecule has 4 heterocycles. The molecule has 4 aromatic rings. The number of hydrogen-bond donors (Lipinski definition) is 0. The standard InChI is InChI=1S/C25H23ClN6OS/c1-17-21-14-22(34-25(21)32(29-17)16-18-5-7-20(26)8-6-18)24(33)31-11-3-10-30(12-13-31)23-19(15-27)4-2-9-28-23/h2,4-9,14H,3,10-13,16H2,1H3. The van der Waals surface area contributed by atoms with E-state index in [1.165, 1.54) is 11.3 Å². The zero-order chi connectivity index (χ0) is 23.7. The third-order valence-corrected chi connectivity index (χ3v) is 7.44. The van der Waals surface area contributed by atoms with Crippen LogP contribution in [-0.4, -0.2) is 51.8 Å². The maximum atomic E-state index is 13.4. The first-order valence-electron chi connectivity index (χ1n) is 11.1. The predicted molar refractivity (Wildman–Crippen MR) is 135 cm³/mol. The highest BCUT2D eigenvalue weighted by molar-refractivity contribution is 7.20. The van der Waals surface area contributed by atoms with Gasteiger partial charge in [-0.05, 0) is 49.2 Å². The van der Waals surface area contributed by atoms with Crippen LogP contribution in [0.3, 0.4) is 0 Å². The first kappa shape index (κ1) is 22.4. The summed E-state index contributed by atoms with van der Waals surface area (Å²) < 4.78 is 1.96. The van der Waals surface area contributed by atoms with Crippen molar-refractivity contribution in [2.24, 2.45) is 0 Å². The van der Waals surface area contributed by atoms with E-state index in [4.69, 9.17) is 11.6 Å². The molecule has 0 atom stereocenters. The molecule has 1 aliphatic rings. The molecule has 0 radical (unpaired) electrons. The van der Waals surface area contributed by atoms with Crippen molar-refractivity contribution < 1.29 is 4.79 Å². The van der Waals surface area contributed by atoms with Crippen LogP contribution in [0.1, 0.15) is 32.9 Å². The number of carbonyl (C=O) groups is 1. The van der Waals surface area contributed by atoms with E-state index in [1.54, 1.807) is 18.3 Å². The molecule has 9 heteroatoms. The number of rotatable bonds is 4. The molecule has 172 valence electrons. The van der Waals surface area contributed by atoms with Crippen molar-refractivity contribution in [3.63, 3.8) is 0 Å². The molecule has 0 unspecified atom stereocenters. The maximum Gasteiger partial charge on any atom is 0.264 e. The monoisotopic (exact) mass is 490 g/mol. The Labute approximate surface area is 206 Å². The molecule has 0 bridgehead atoms. The minimum atomic E-state index is 0.0435. The van der Waals surface area contributed by atoms with E-state index in [2.05, 4.69) is 21.1 Å². The third-order valence-electron chi connectivity index (χ3n) is 6.05. The van der Waals surface area contributed by atoms with Gasteiger partial charge in [0.2, 0.25) is 0 Å². The number of anilines is 1. The minimum absolute atomic E-state index is 0.0435. The number of carbonyl (C=O) groups excluding carboxylic acids is 1. The number of nitrogens with zero attached hydrogens (tertiary/aromatic N) is 6. The van der Waals surface area contributed by atoms with Crippen LogP contribution in [0, 0.1) is 18.3 Å². The number of thiophene rings is 1. The van der Waals surface area contributed by atoms with E-state index in [9.17, 15) is 10.1 Å². The Morgan fingerprint density at radius 3 is 2.79 bits per heavy atom. The summed E-state index contributed by atoms with van der Waals surface area (Å²) in [7, 11) is 0. The van der Waals surface area contributed by atoms with Crippen LogP contribution >= 0.6 is 22.9 Å². The Hall–Kier alpha value is -3.41. The fraction of sp³-hybridized carbons (Fsp3) is 0.280. The molecule has 1 aliphatic heterocycles. The van der Waals surface area contributed by atoms with Crippen LogP contribution in [0.5, 0.6) is 0 Å². The van der Waals surface area contributed by atoms with Gasteiger partial charge in [-0.2, -0.15) is 10.4 Å². The zero-order valence-electron chi connectivity index (χ0n) is 18.7. The largest absolute Gasteiger partial charge is 0.354 e.